The number of carbonyl (C=O) groups excluding carboxylic acids is 1. The van der Waals surface area contributed by atoms with Gasteiger partial charge in [-0.1, -0.05) is 36.4 Å². The van der Waals surface area contributed by atoms with E-state index in [9.17, 15) is 18.0 Å². The molecule has 0 radical (unpaired) electrons. The zero-order chi connectivity index (χ0) is 21.8. The van der Waals surface area contributed by atoms with Crippen molar-refractivity contribution in [1.29, 1.82) is 0 Å². The van der Waals surface area contributed by atoms with Gasteiger partial charge >= 0.3 is 12.3 Å². The molecule has 9 heteroatoms. The fourth-order valence-corrected chi connectivity index (χ4v) is 3.61. The van der Waals surface area contributed by atoms with Gasteiger partial charge in [-0.05, 0) is 23.1 Å². The number of amides is 2. The van der Waals surface area contributed by atoms with E-state index in [-0.39, 0.29) is 5.69 Å². The van der Waals surface area contributed by atoms with Crippen molar-refractivity contribution in [3.05, 3.63) is 60.4 Å². The fraction of sp³-hybridized carbons (Fsp3) is 0.273. The molecule has 2 amide bonds. The highest BCUT2D eigenvalue weighted by Crippen LogP contribution is 2.33. The van der Waals surface area contributed by atoms with Crippen molar-refractivity contribution in [3.8, 4) is 11.1 Å². The first kappa shape index (κ1) is 21.1. The summed E-state index contributed by atoms with van der Waals surface area (Å²) in [6.45, 7) is 3.97. The summed E-state index contributed by atoms with van der Waals surface area (Å²) in [6, 6.07) is 13.2. The van der Waals surface area contributed by atoms with Gasteiger partial charge in [-0.25, -0.2) is 10.1 Å². The van der Waals surface area contributed by atoms with Gasteiger partial charge in [0.2, 0.25) is 0 Å². The molecule has 4 rings (SSSR count). The number of morpholine rings is 1. The fourth-order valence-electron chi connectivity index (χ4n) is 3.61. The number of nitrogens with one attached hydrogen (secondary N) is 2. The Balaban J connectivity index is 1.57. The van der Waals surface area contributed by atoms with Gasteiger partial charge in [-0.15, -0.1) is 0 Å². The smallest absolute Gasteiger partial charge is 0.379 e. The number of ether oxygens (including phenoxy) is 1. The maximum Gasteiger partial charge on any atom is 0.485 e. The highest BCUT2D eigenvalue weighted by Gasteiger charge is 2.30. The normalized spacial score (nSPS) is 15.1. The number of nitrogens with zero attached hydrogens (tertiary/aromatic N) is 2. The molecule has 2 N–H and O–H groups in total. The van der Waals surface area contributed by atoms with E-state index in [4.69, 9.17) is 4.74 Å². The third kappa shape index (κ3) is 5.31. The first-order chi connectivity index (χ1) is 14.9. The summed E-state index contributed by atoms with van der Waals surface area (Å²) in [4.78, 5) is 18.5. The minimum atomic E-state index is -4.80. The second-order valence-corrected chi connectivity index (χ2v) is 7.21. The molecule has 2 heterocycles. The van der Waals surface area contributed by atoms with Crippen LogP contribution in [0.5, 0.6) is 0 Å². The number of rotatable bonds is 4. The maximum atomic E-state index is 12.4. The highest BCUT2D eigenvalue weighted by molar-refractivity contribution is 6.07. The summed E-state index contributed by atoms with van der Waals surface area (Å²) >= 11 is 0. The van der Waals surface area contributed by atoms with Crippen LogP contribution in [0, 0.1) is 0 Å². The molecule has 162 valence electrons. The number of urea groups is 1. The van der Waals surface area contributed by atoms with Crippen LogP contribution in [0.1, 0.15) is 5.69 Å². The Morgan fingerprint density at radius 1 is 1.03 bits per heavy atom. The number of halogens is 3. The quantitative estimate of drug-likeness (QED) is 0.603. The zero-order valence-corrected chi connectivity index (χ0v) is 16.6. The van der Waals surface area contributed by atoms with E-state index in [0.29, 0.717) is 5.39 Å². The lowest BCUT2D eigenvalue weighted by atomic mass is 9.98. The molecule has 1 saturated heterocycles. The lowest BCUT2D eigenvalue weighted by Crippen LogP contribution is -2.40. The Hall–Kier alpha value is -3.17. The van der Waals surface area contributed by atoms with Crippen molar-refractivity contribution in [1.82, 2.24) is 15.2 Å². The number of aromatic nitrogens is 1. The first-order valence-corrected chi connectivity index (χ1v) is 9.82. The van der Waals surface area contributed by atoms with Crippen molar-refractivity contribution in [2.75, 3.05) is 31.6 Å². The summed E-state index contributed by atoms with van der Waals surface area (Å²) in [6.07, 6.45) is -3.00. The molecule has 1 fully saturated rings. The van der Waals surface area contributed by atoms with Gasteiger partial charge in [0.1, 0.15) is 0 Å². The van der Waals surface area contributed by atoms with E-state index in [1.54, 1.807) is 30.5 Å². The van der Waals surface area contributed by atoms with Crippen LogP contribution in [-0.2, 0) is 11.3 Å². The van der Waals surface area contributed by atoms with Crippen molar-refractivity contribution in [3.63, 3.8) is 0 Å². The number of hydrogen-bond acceptors (Lipinski definition) is 4. The minimum Gasteiger partial charge on any atom is -0.379 e. The molecule has 6 nitrogen and oxygen atoms in total. The van der Waals surface area contributed by atoms with Crippen LogP contribution < -0.4 is 10.6 Å². The van der Waals surface area contributed by atoms with Crippen LogP contribution in [0.15, 0.2) is 54.7 Å². The molecule has 2 aromatic carbocycles. The largest absolute Gasteiger partial charge is 0.485 e. The number of benzene rings is 2. The Bertz CT molecular complexity index is 1060. The number of carbonyl (C=O) groups is 1. The number of pyridine rings is 1. The standard InChI is InChI=1S/C22H21F3N4O2/c23-22(24,25)28-21(30)27-20-8-7-17(18-3-1-2-4-19(18)20)15-5-6-16(26-13-15)14-29-9-11-31-12-10-29/h1-8,13H,9-12,14H2,(H2,27,28,30). The molecule has 1 aliphatic heterocycles. The molecular formula is C22H21F3N4O2. The van der Waals surface area contributed by atoms with Gasteiger partial charge in [-0.2, -0.15) is 13.2 Å². The number of hydrogen-bond donors (Lipinski definition) is 2. The van der Waals surface area contributed by atoms with Gasteiger partial charge < -0.3 is 10.1 Å². The van der Waals surface area contributed by atoms with Gasteiger partial charge in [0.25, 0.3) is 0 Å². The molecule has 0 aliphatic carbocycles. The Kier molecular flexibility index (Phi) is 6.06. The molecule has 0 unspecified atom stereocenters. The van der Waals surface area contributed by atoms with E-state index in [2.05, 4.69) is 15.2 Å². The van der Waals surface area contributed by atoms with E-state index in [1.165, 1.54) is 0 Å². The van der Waals surface area contributed by atoms with Crippen molar-refractivity contribution < 1.29 is 22.7 Å². The van der Waals surface area contributed by atoms with Crippen molar-refractivity contribution >= 4 is 22.5 Å². The first-order valence-electron chi connectivity index (χ1n) is 9.82. The van der Waals surface area contributed by atoms with Gasteiger partial charge in [0.05, 0.1) is 24.6 Å². The highest BCUT2D eigenvalue weighted by atomic mass is 19.4. The van der Waals surface area contributed by atoms with Crippen LogP contribution in [-0.4, -0.2) is 48.5 Å². The number of fused-ring (bicyclic) bond motifs is 1. The molecule has 0 bridgehead atoms. The third-order valence-electron chi connectivity index (χ3n) is 5.05. The zero-order valence-electron chi connectivity index (χ0n) is 16.6. The second-order valence-electron chi connectivity index (χ2n) is 7.21. The molecule has 0 atom stereocenters. The summed E-state index contributed by atoms with van der Waals surface area (Å²) < 4.78 is 42.6. The van der Waals surface area contributed by atoms with Crippen LogP contribution in [0.25, 0.3) is 21.9 Å². The monoisotopic (exact) mass is 430 g/mol. The topological polar surface area (TPSA) is 66.5 Å². The molecule has 1 aliphatic rings. The Morgan fingerprint density at radius 2 is 1.77 bits per heavy atom. The molecular weight excluding hydrogens is 409 g/mol. The molecule has 31 heavy (non-hydrogen) atoms. The summed E-state index contributed by atoms with van der Waals surface area (Å²) in [5.74, 6) is 0. The maximum absolute atomic E-state index is 12.4. The van der Waals surface area contributed by atoms with Crippen LogP contribution in [0.2, 0.25) is 0 Å². The summed E-state index contributed by atoms with van der Waals surface area (Å²) in [5.41, 5.74) is 3.01. The molecule has 0 spiro atoms. The lowest BCUT2D eigenvalue weighted by molar-refractivity contribution is -0.144. The van der Waals surface area contributed by atoms with E-state index < -0.39 is 12.3 Å². The summed E-state index contributed by atoms with van der Waals surface area (Å²) in [5, 5.41) is 4.65. The van der Waals surface area contributed by atoms with E-state index >= 15 is 0 Å². The molecule has 3 aromatic rings. The third-order valence-corrected chi connectivity index (χ3v) is 5.05. The van der Waals surface area contributed by atoms with E-state index in [1.807, 2.05) is 24.3 Å². The minimum absolute atomic E-state index is 0.290. The van der Waals surface area contributed by atoms with Gasteiger partial charge in [-0.3, -0.25) is 9.88 Å². The van der Waals surface area contributed by atoms with Crippen LogP contribution in [0.3, 0.4) is 0 Å². The predicted octanol–water partition coefficient (Wildman–Crippen LogP) is 4.38. The average Bonchev–Trinajstić information content (AvgIpc) is 2.74. The number of alkyl halides is 3. The van der Waals surface area contributed by atoms with Gasteiger partial charge in [0.15, 0.2) is 0 Å². The molecule has 1 aromatic heterocycles. The average molecular weight is 430 g/mol. The van der Waals surface area contributed by atoms with E-state index in [0.717, 1.165) is 60.4 Å². The predicted molar refractivity (Wildman–Crippen MR) is 111 cm³/mol. The Labute approximate surface area is 177 Å². The SMILES string of the molecule is O=C(Nc1ccc(-c2ccc(CN3CCOCC3)nc2)c2ccccc12)NC(F)(F)F. The van der Waals surface area contributed by atoms with Crippen LogP contribution in [0.4, 0.5) is 23.7 Å². The summed E-state index contributed by atoms with van der Waals surface area (Å²) in [7, 11) is 0. The Morgan fingerprint density at radius 3 is 2.45 bits per heavy atom. The van der Waals surface area contributed by atoms with Crippen LogP contribution >= 0.6 is 0 Å². The number of anilines is 1. The van der Waals surface area contributed by atoms with Gasteiger partial charge in [0, 0.05) is 36.8 Å². The van der Waals surface area contributed by atoms with Crippen molar-refractivity contribution in [2.24, 2.45) is 0 Å². The second kappa shape index (κ2) is 8.91. The lowest BCUT2D eigenvalue weighted by Gasteiger charge is -2.26. The van der Waals surface area contributed by atoms with Crippen molar-refractivity contribution in [2.45, 2.75) is 12.8 Å². The molecule has 0 saturated carbocycles.